The number of carbonyl (C=O) groups excluding carboxylic acids is 1. The summed E-state index contributed by atoms with van der Waals surface area (Å²) >= 11 is 0. The zero-order chi connectivity index (χ0) is 23.8. The van der Waals surface area contributed by atoms with Crippen LogP contribution < -0.4 is 14.8 Å². The molecule has 0 aliphatic heterocycles. The van der Waals surface area contributed by atoms with E-state index in [1.807, 2.05) is 26.0 Å². The average Bonchev–Trinajstić information content (AvgIpc) is 3.16. The van der Waals surface area contributed by atoms with E-state index in [1.165, 1.54) is 0 Å². The molecule has 0 saturated heterocycles. The van der Waals surface area contributed by atoms with Crippen LogP contribution in [0.1, 0.15) is 51.3 Å². The van der Waals surface area contributed by atoms with Crippen LogP contribution in [0.3, 0.4) is 0 Å². The summed E-state index contributed by atoms with van der Waals surface area (Å²) in [5.74, 6) is -0.0362. The van der Waals surface area contributed by atoms with E-state index in [0.29, 0.717) is 23.9 Å². The zero-order valence-corrected chi connectivity index (χ0v) is 19.4. The number of hydrogen-bond acceptors (Lipinski definition) is 7. The van der Waals surface area contributed by atoms with E-state index in [-0.39, 0.29) is 30.2 Å². The highest BCUT2D eigenvalue weighted by molar-refractivity contribution is 6.01. The van der Waals surface area contributed by atoms with Gasteiger partial charge in [-0.05, 0) is 31.4 Å². The maximum absolute atomic E-state index is 12.6. The van der Waals surface area contributed by atoms with Crippen molar-refractivity contribution in [2.24, 2.45) is 0 Å². The van der Waals surface area contributed by atoms with Crippen LogP contribution in [0.25, 0.3) is 0 Å². The summed E-state index contributed by atoms with van der Waals surface area (Å²) in [6.45, 7) is 7.79. The van der Waals surface area contributed by atoms with Crippen LogP contribution in [0.5, 0.6) is 11.5 Å². The number of benzene rings is 1. The molecule has 0 unspecified atom stereocenters. The predicted molar refractivity (Wildman–Crippen MR) is 120 cm³/mol. The molecule has 0 amide bonds. The Morgan fingerprint density at radius 1 is 1.16 bits per heavy atom. The minimum Gasteiger partial charge on any atom is -0.497 e. The van der Waals surface area contributed by atoms with Crippen LogP contribution in [0.15, 0.2) is 35.5 Å². The molecule has 0 bridgehead atoms. The second kappa shape index (κ2) is 11.2. The lowest BCUT2D eigenvalue weighted by Gasteiger charge is -2.16. The SMILES string of the molecule is CCOC(=O)C(Nc1cc(C(C)C)nn1Cc1ccc(OC)cc1OC)=C(CC)C(=O)O. The maximum atomic E-state index is 12.6. The fourth-order valence-corrected chi connectivity index (χ4v) is 3.10. The van der Waals surface area contributed by atoms with Crippen molar-refractivity contribution in [2.75, 3.05) is 26.1 Å². The van der Waals surface area contributed by atoms with E-state index in [4.69, 9.17) is 14.2 Å². The van der Waals surface area contributed by atoms with E-state index in [9.17, 15) is 14.7 Å². The van der Waals surface area contributed by atoms with Gasteiger partial charge >= 0.3 is 11.9 Å². The lowest BCUT2D eigenvalue weighted by Crippen LogP contribution is -2.22. The van der Waals surface area contributed by atoms with Crippen molar-refractivity contribution in [3.8, 4) is 11.5 Å². The summed E-state index contributed by atoms with van der Waals surface area (Å²) in [5, 5.41) is 17.2. The maximum Gasteiger partial charge on any atom is 0.355 e. The molecule has 1 aromatic carbocycles. The van der Waals surface area contributed by atoms with Gasteiger partial charge in [0.15, 0.2) is 0 Å². The molecular weight excluding hydrogens is 414 g/mol. The second-order valence-corrected chi connectivity index (χ2v) is 7.30. The minimum absolute atomic E-state index is 0.0654. The Balaban J connectivity index is 2.54. The van der Waals surface area contributed by atoms with Crippen LogP contribution in [-0.2, 0) is 20.9 Å². The molecule has 0 radical (unpaired) electrons. The highest BCUT2D eigenvalue weighted by Gasteiger charge is 2.23. The smallest absolute Gasteiger partial charge is 0.355 e. The number of aromatic nitrogens is 2. The molecule has 0 spiro atoms. The van der Waals surface area contributed by atoms with Crippen LogP contribution in [-0.4, -0.2) is 47.7 Å². The second-order valence-electron chi connectivity index (χ2n) is 7.30. The fraction of sp³-hybridized carbons (Fsp3) is 0.435. The third kappa shape index (κ3) is 5.81. The molecule has 174 valence electrons. The molecule has 2 aromatic rings. The van der Waals surface area contributed by atoms with Crippen molar-refractivity contribution in [2.45, 2.75) is 46.6 Å². The van der Waals surface area contributed by atoms with E-state index < -0.39 is 11.9 Å². The van der Waals surface area contributed by atoms with Crippen LogP contribution in [0, 0.1) is 0 Å². The van der Waals surface area contributed by atoms with Crippen LogP contribution in [0.2, 0.25) is 0 Å². The summed E-state index contributed by atoms with van der Waals surface area (Å²) in [4.78, 5) is 24.3. The van der Waals surface area contributed by atoms with Gasteiger partial charge in [-0.3, -0.25) is 0 Å². The molecule has 0 atom stereocenters. The Bertz CT molecular complexity index is 994. The van der Waals surface area contributed by atoms with Crippen molar-refractivity contribution in [3.63, 3.8) is 0 Å². The number of ether oxygens (including phenoxy) is 3. The summed E-state index contributed by atoms with van der Waals surface area (Å²) in [7, 11) is 3.15. The van der Waals surface area contributed by atoms with Crippen molar-refractivity contribution >= 4 is 17.8 Å². The summed E-state index contributed by atoms with van der Waals surface area (Å²) in [6.07, 6.45) is 0.147. The highest BCUT2D eigenvalue weighted by Crippen LogP contribution is 2.28. The first-order valence-electron chi connectivity index (χ1n) is 10.4. The molecule has 32 heavy (non-hydrogen) atoms. The molecule has 0 fully saturated rings. The first-order chi connectivity index (χ1) is 15.2. The molecule has 9 heteroatoms. The van der Waals surface area contributed by atoms with Crippen molar-refractivity contribution in [3.05, 3.63) is 46.8 Å². The van der Waals surface area contributed by atoms with Crippen molar-refractivity contribution < 1.29 is 28.9 Å². The number of nitrogens with one attached hydrogen (secondary N) is 1. The molecule has 0 aliphatic rings. The molecule has 0 aliphatic carbocycles. The van der Waals surface area contributed by atoms with Gasteiger partial charge in [-0.25, -0.2) is 14.3 Å². The van der Waals surface area contributed by atoms with Gasteiger partial charge < -0.3 is 24.6 Å². The Hall–Kier alpha value is -3.49. The lowest BCUT2D eigenvalue weighted by atomic mass is 10.1. The van der Waals surface area contributed by atoms with Crippen molar-refractivity contribution in [1.29, 1.82) is 0 Å². The minimum atomic E-state index is -1.19. The summed E-state index contributed by atoms with van der Waals surface area (Å²) in [5.41, 5.74) is 1.45. The molecule has 9 nitrogen and oxygen atoms in total. The molecule has 2 rings (SSSR count). The zero-order valence-electron chi connectivity index (χ0n) is 19.4. The fourth-order valence-electron chi connectivity index (χ4n) is 3.10. The number of carbonyl (C=O) groups is 2. The number of anilines is 1. The number of carboxylic acids is 1. The third-order valence-corrected chi connectivity index (χ3v) is 4.85. The number of hydrogen-bond donors (Lipinski definition) is 2. The first kappa shape index (κ1) is 24.8. The van der Waals surface area contributed by atoms with Gasteiger partial charge in [0.1, 0.15) is 23.0 Å². The number of esters is 1. The highest BCUT2D eigenvalue weighted by atomic mass is 16.5. The molecular formula is C23H31N3O6. The number of nitrogens with zero attached hydrogens (tertiary/aromatic N) is 2. The number of rotatable bonds is 11. The Labute approximate surface area is 188 Å². The molecule has 1 heterocycles. The van der Waals surface area contributed by atoms with E-state index in [0.717, 1.165) is 11.3 Å². The van der Waals surface area contributed by atoms with Gasteiger partial charge in [0.25, 0.3) is 0 Å². The van der Waals surface area contributed by atoms with Gasteiger partial charge in [-0.15, -0.1) is 0 Å². The number of methoxy groups -OCH3 is 2. The van der Waals surface area contributed by atoms with Gasteiger partial charge in [-0.2, -0.15) is 5.10 Å². The summed E-state index contributed by atoms with van der Waals surface area (Å²) < 4.78 is 17.5. The van der Waals surface area contributed by atoms with Gasteiger partial charge in [0.2, 0.25) is 0 Å². The van der Waals surface area contributed by atoms with Gasteiger partial charge in [-0.1, -0.05) is 20.8 Å². The van der Waals surface area contributed by atoms with Crippen LogP contribution in [0.4, 0.5) is 5.82 Å². The lowest BCUT2D eigenvalue weighted by molar-refractivity contribution is -0.139. The largest absolute Gasteiger partial charge is 0.497 e. The topological polar surface area (TPSA) is 112 Å². The summed E-state index contributed by atoms with van der Waals surface area (Å²) in [6, 6.07) is 7.27. The van der Waals surface area contributed by atoms with Gasteiger partial charge in [0, 0.05) is 17.7 Å². The monoisotopic (exact) mass is 445 g/mol. The van der Waals surface area contributed by atoms with E-state index in [1.54, 1.807) is 44.9 Å². The van der Waals surface area contributed by atoms with Crippen LogP contribution >= 0.6 is 0 Å². The van der Waals surface area contributed by atoms with Crippen molar-refractivity contribution in [1.82, 2.24) is 9.78 Å². The quantitative estimate of drug-likeness (QED) is 0.397. The molecule has 2 N–H and O–H groups in total. The predicted octanol–water partition coefficient (Wildman–Crippen LogP) is 3.80. The first-order valence-corrected chi connectivity index (χ1v) is 10.4. The number of carboxylic acid groups (broad SMARTS) is 1. The van der Waals surface area contributed by atoms with Gasteiger partial charge in [0.05, 0.1) is 38.6 Å². The molecule has 1 aromatic heterocycles. The Morgan fingerprint density at radius 2 is 1.88 bits per heavy atom. The van der Waals surface area contributed by atoms with E-state index >= 15 is 0 Å². The average molecular weight is 446 g/mol. The standard InChI is InChI=1S/C23H31N3O6/c1-7-17(22(27)28)21(23(29)32-8-2)24-20-12-18(14(3)4)25-26(20)13-15-9-10-16(30-5)11-19(15)31-6/h9-12,14,24H,7-8,13H2,1-6H3,(H,27,28). The molecule has 0 saturated carbocycles. The Morgan fingerprint density at radius 3 is 2.41 bits per heavy atom. The van der Waals surface area contributed by atoms with E-state index in [2.05, 4.69) is 10.4 Å². The third-order valence-electron chi connectivity index (χ3n) is 4.85. The Kier molecular flexibility index (Phi) is 8.69. The normalized spacial score (nSPS) is 11.7. The number of aliphatic carboxylic acids is 1.